The van der Waals surface area contributed by atoms with Gasteiger partial charge in [-0.15, -0.1) is 0 Å². The molecule has 2 heteroatoms. The zero-order valence-corrected chi connectivity index (χ0v) is 14.7. The number of hydrogen-bond acceptors (Lipinski definition) is 2. The van der Waals surface area contributed by atoms with Crippen LogP contribution in [0.5, 0.6) is 5.75 Å². The molecule has 1 N–H and O–H groups in total. The van der Waals surface area contributed by atoms with Crippen molar-refractivity contribution >= 4 is 28.6 Å². The van der Waals surface area contributed by atoms with Gasteiger partial charge in [0.25, 0.3) is 0 Å². The van der Waals surface area contributed by atoms with Gasteiger partial charge in [-0.1, -0.05) is 73.0 Å². The van der Waals surface area contributed by atoms with Crippen LogP contribution < -0.4 is 0 Å². The van der Waals surface area contributed by atoms with Gasteiger partial charge < -0.3 is 5.11 Å². The molecule has 1 nitrogen and oxygen atoms in total. The minimum Gasteiger partial charge on any atom is -0.506 e. The van der Waals surface area contributed by atoms with Crippen molar-refractivity contribution in [1.29, 1.82) is 0 Å². The van der Waals surface area contributed by atoms with Crippen LogP contribution in [-0.2, 0) is 0 Å². The summed E-state index contributed by atoms with van der Waals surface area (Å²) in [6.07, 6.45) is 5.77. The molecule has 0 aromatic heterocycles. The molecule has 0 amide bonds. The van der Waals surface area contributed by atoms with E-state index < -0.39 is 0 Å². The largest absolute Gasteiger partial charge is 0.506 e. The summed E-state index contributed by atoms with van der Waals surface area (Å²) in [6, 6.07) is 16.3. The lowest BCUT2D eigenvalue weighted by atomic mass is 10.0. The molecule has 3 rings (SSSR count). The molecule has 0 radical (unpaired) electrons. The Morgan fingerprint density at radius 3 is 2.46 bits per heavy atom. The SMILES string of the molecule is C=C/C=C\c1cccc(Sc2cc(C)c3ccccc3c2O)c1C. The number of aryl methyl sites for hydroxylation is 1. The Balaban J connectivity index is 2.06. The van der Waals surface area contributed by atoms with Gasteiger partial charge in [0.15, 0.2) is 0 Å². The maximum Gasteiger partial charge on any atom is 0.137 e. The number of aromatic hydroxyl groups is 1. The summed E-state index contributed by atoms with van der Waals surface area (Å²) in [6.45, 7) is 7.91. The first kappa shape index (κ1) is 16.4. The van der Waals surface area contributed by atoms with E-state index in [1.54, 1.807) is 17.8 Å². The molecular weight excluding hydrogens is 312 g/mol. The first-order valence-corrected chi connectivity index (χ1v) is 8.71. The lowest BCUT2D eigenvalue weighted by Gasteiger charge is -2.13. The predicted octanol–water partition coefficient (Wildman–Crippen LogP) is 6.51. The van der Waals surface area contributed by atoms with Gasteiger partial charge >= 0.3 is 0 Å². The minimum absolute atomic E-state index is 0.354. The second-order valence-electron chi connectivity index (χ2n) is 5.75. The summed E-state index contributed by atoms with van der Waals surface area (Å²) in [4.78, 5) is 2.03. The van der Waals surface area contributed by atoms with E-state index >= 15 is 0 Å². The third kappa shape index (κ3) is 3.10. The molecule has 0 unspecified atom stereocenters. The first-order chi connectivity index (χ1) is 11.6. The molecule has 3 aromatic rings. The molecule has 0 saturated carbocycles. The summed E-state index contributed by atoms with van der Waals surface area (Å²) >= 11 is 1.61. The molecule has 120 valence electrons. The van der Waals surface area contributed by atoms with Crippen LogP contribution in [0.3, 0.4) is 0 Å². The van der Waals surface area contributed by atoms with Gasteiger partial charge in [-0.05, 0) is 48.1 Å². The zero-order valence-electron chi connectivity index (χ0n) is 13.9. The highest BCUT2D eigenvalue weighted by molar-refractivity contribution is 7.99. The summed E-state index contributed by atoms with van der Waals surface area (Å²) in [5, 5.41) is 12.7. The molecule has 3 aromatic carbocycles. The van der Waals surface area contributed by atoms with E-state index in [-0.39, 0.29) is 0 Å². The van der Waals surface area contributed by atoms with Crippen LogP contribution >= 0.6 is 11.8 Å². The van der Waals surface area contributed by atoms with E-state index in [1.165, 1.54) is 11.1 Å². The predicted molar refractivity (Wildman–Crippen MR) is 105 cm³/mol. The Labute approximate surface area is 147 Å². The highest BCUT2D eigenvalue weighted by Gasteiger charge is 2.12. The average molecular weight is 332 g/mol. The Hall–Kier alpha value is -2.45. The third-order valence-corrected chi connectivity index (χ3v) is 5.34. The molecule has 0 saturated heterocycles. The number of hydrogen-bond donors (Lipinski definition) is 1. The van der Waals surface area contributed by atoms with Crippen molar-refractivity contribution in [3.05, 3.63) is 84.0 Å². The molecule has 0 fully saturated rings. The summed E-state index contributed by atoms with van der Waals surface area (Å²) in [5.74, 6) is 0.354. The van der Waals surface area contributed by atoms with Gasteiger partial charge in [-0.25, -0.2) is 0 Å². The number of benzene rings is 3. The minimum atomic E-state index is 0.354. The van der Waals surface area contributed by atoms with E-state index in [0.717, 1.165) is 26.1 Å². The van der Waals surface area contributed by atoms with Crippen molar-refractivity contribution in [2.75, 3.05) is 0 Å². The van der Waals surface area contributed by atoms with Crippen molar-refractivity contribution in [3.8, 4) is 5.75 Å². The Morgan fingerprint density at radius 2 is 1.71 bits per heavy atom. The maximum atomic E-state index is 10.7. The number of phenols is 1. The van der Waals surface area contributed by atoms with Crippen LogP contribution in [0.15, 0.2) is 77.1 Å². The van der Waals surface area contributed by atoms with Gasteiger partial charge in [0, 0.05) is 10.3 Å². The van der Waals surface area contributed by atoms with Gasteiger partial charge in [0.2, 0.25) is 0 Å². The van der Waals surface area contributed by atoms with Crippen molar-refractivity contribution in [2.45, 2.75) is 23.6 Å². The fraction of sp³-hybridized carbons (Fsp3) is 0.0909. The second-order valence-corrected chi connectivity index (χ2v) is 6.84. The van der Waals surface area contributed by atoms with E-state index in [1.807, 2.05) is 36.4 Å². The van der Waals surface area contributed by atoms with Crippen LogP contribution in [-0.4, -0.2) is 5.11 Å². The summed E-state index contributed by atoms with van der Waals surface area (Å²) in [7, 11) is 0. The highest BCUT2D eigenvalue weighted by Crippen LogP contribution is 2.41. The smallest absolute Gasteiger partial charge is 0.137 e. The molecule has 0 heterocycles. The fourth-order valence-corrected chi connectivity index (χ4v) is 3.90. The number of phenolic OH excluding ortho intramolecular Hbond substituents is 1. The normalized spacial score (nSPS) is 11.2. The highest BCUT2D eigenvalue weighted by atomic mass is 32.2. The third-order valence-electron chi connectivity index (χ3n) is 4.15. The quantitative estimate of drug-likeness (QED) is 0.549. The monoisotopic (exact) mass is 332 g/mol. The fourth-order valence-electron chi connectivity index (χ4n) is 2.80. The van der Waals surface area contributed by atoms with Gasteiger partial charge in [-0.2, -0.15) is 0 Å². The lowest BCUT2D eigenvalue weighted by Crippen LogP contribution is -1.87. The van der Waals surface area contributed by atoms with Gasteiger partial charge in [0.1, 0.15) is 5.75 Å². The molecule has 0 spiro atoms. The average Bonchev–Trinajstić information content (AvgIpc) is 2.60. The van der Waals surface area contributed by atoms with Crippen LogP contribution in [0, 0.1) is 13.8 Å². The standard InChI is InChI=1S/C22H20OS/c1-4-5-9-17-10-8-13-20(16(17)3)24-21-14-15(2)18-11-6-7-12-19(18)22(21)23/h4-14,23H,1H2,2-3H3/b9-5-. The van der Waals surface area contributed by atoms with Crippen LogP contribution in [0.4, 0.5) is 0 Å². The van der Waals surface area contributed by atoms with Crippen LogP contribution in [0.1, 0.15) is 16.7 Å². The molecule has 0 aliphatic rings. The first-order valence-electron chi connectivity index (χ1n) is 7.89. The van der Waals surface area contributed by atoms with Gasteiger partial charge in [-0.3, -0.25) is 0 Å². The van der Waals surface area contributed by atoms with Gasteiger partial charge in [0.05, 0.1) is 4.90 Å². The molecular formula is C22H20OS. The maximum absolute atomic E-state index is 10.7. The van der Waals surface area contributed by atoms with Crippen molar-refractivity contribution in [3.63, 3.8) is 0 Å². The second kappa shape index (κ2) is 6.98. The number of rotatable bonds is 4. The topological polar surface area (TPSA) is 20.2 Å². The van der Waals surface area contributed by atoms with Crippen molar-refractivity contribution < 1.29 is 5.11 Å². The van der Waals surface area contributed by atoms with E-state index in [9.17, 15) is 5.11 Å². The molecule has 0 aliphatic carbocycles. The summed E-state index contributed by atoms with van der Waals surface area (Å²) < 4.78 is 0. The Bertz CT molecular complexity index is 938. The van der Waals surface area contributed by atoms with E-state index in [0.29, 0.717) is 5.75 Å². The zero-order chi connectivity index (χ0) is 17.1. The lowest BCUT2D eigenvalue weighted by molar-refractivity contribution is 0.469. The van der Waals surface area contributed by atoms with E-state index in [2.05, 4.69) is 44.7 Å². The van der Waals surface area contributed by atoms with Crippen molar-refractivity contribution in [1.82, 2.24) is 0 Å². The number of allylic oxidation sites excluding steroid dienone is 2. The Kier molecular flexibility index (Phi) is 4.77. The summed E-state index contributed by atoms with van der Waals surface area (Å²) in [5.41, 5.74) is 3.54. The molecule has 24 heavy (non-hydrogen) atoms. The van der Waals surface area contributed by atoms with Crippen LogP contribution in [0.25, 0.3) is 16.8 Å². The molecule has 0 atom stereocenters. The Morgan fingerprint density at radius 1 is 0.958 bits per heavy atom. The van der Waals surface area contributed by atoms with Crippen LogP contribution in [0.2, 0.25) is 0 Å². The van der Waals surface area contributed by atoms with Crippen molar-refractivity contribution in [2.24, 2.45) is 0 Å². The molecule has 0 aliphatic heterocycles. The molecule has 0 bridgehead atoms. The van der Waals surface area contributed by atoms with E-state index in [4.69, 9.17) is 0 Å². The number of fused-ring (bicyclic) bond motifs is 1.